The number of benzene rings is 1. The Labute approximate surface area is 169 Å². The number of thiazole rings is 1. The number of alkyl halides is 3. The number of halogens is 4. The molecule has 0 spiro atoms. The number of nitrogens with one attached hydrogen (secondary N) is 1. The normalized spacial score (nSPS) is 13.1. The van der Waals surface area contributed by atoms with Crippen LogP contribution < -0.4 is 4.72 Å². The molecule has 0 aliphatic carbocycles. The molecule has 2 rings (SSSR count). The molecule has 156 valence electrons. The lowest BCUT2D eigenvalue weighted by atomic mass is 10.2. The van der Waals surface area contributed by atoms with Gasteiger partial charge in [0.2, 0.25) is 0 Å². The predicted octanol–water partition coefficient (Wildman–Crippen LogP) is 3.23. The summed E-state index contributed by atoms with van der Waals surface area (Å²) in [6.45, 7) is 1.08. The molecule has 2 aromatic rings. The first-order valence-electron chi connectivity index (χ1n) is 7.50. The number of likely N-dealkylation sites (N-methyl/N-ethyl adjacent to an activating group) is 1. The van der Waals surface area contributed by atoms with Crippen LogP contribution in [0.3, 0.4) is 0 Å². The maximum Gasteiger partial charge on any atom is 0.511 e. The molecule has 0 saturated carbocycles. The summed E-state index contributed by atoms with van der Waals surface area (Å²) in [6.07, 6.45) is -0.125. The smallest absolute Gasteiger partial charge is 0.255 e. The Balaban J connectivity index is 2.10. The highest BCUT2D eigenvalue weighted by Gasteiger charge is 2.48. The summed E-state index contributed by atoms with van der Waals surface area (Å²) in [5.41, 5.74) is -4.79. The average molecular weight is 478 g/mol. The molecule has 1 aromatic heterocycles. The standard InChI is InChI=1S/C14H15ClF3N3O4S3/c1-9-11(15)4-3-5-12(9)27(22,23)20-13-19-10(8-26-13)6-7-21(2)28(24,25)14(16,17)18/h3-5,8H,6-7H2,1-2H3,(H,19,20). The Morgan fingerprint density at radius 2 is 1.89 bits per heavy atom. The van der Waals surface area contributed by atoms with Crippen LogP contribution in [0.2, 0.25) is 5.02 Å². The van der Waals surface area contributed by atoms with Gasteiger partial charge >= 0.3 is 15.5 Å². The largest absolute Gasteiger partial charge is 0.511 e. The van der Waals surface area contributed by atoms with Crippen molar-refractivity contribution in [1.82, 2.24) is 9.29 Å². The van der Waals surface area contributed by atoms with Gasteiger partial charge in [-0.2, -0.15) is 17.5 Å². The van der Waals surface area contributed by atoms with E-state index in [9.17, 15) is 30.0 Å². The van der Waals surface area contributed by atoms with Crippen LogP contribution in [0.1, 0.15) is 11.3 Å². The quantitative estimate of drug-likeness (QED) is 0.660. The molecule has 0 atom stereocenters. The Morgan fingerprint density at radius 3 is 2.50 bits per heavy atom. The van der Waals surface area contributed by atoms with E-state index in [-0.39, 0.29) is 31.5 Å². The van der Waals surface area contributed by atoms with Crippen molar-refractivity contribution in [3.8, 4) is 0 Å². The zero-order valence-corrected chi connectivity index (χ0v) is 17.7. The SMILES string of the molecule is Cc1c(Cl)cccc1S(=O)(=O)Nc1nc(CCN(C)S(=O)(=O)C(F)(F)F)cs1. The lowest BCUT2D eigenvalue weighted by Crippen LogP contribution is -2.39. The Morgan fingerprint density at radius 1 is 1.25 bits per heavy atom. The fraction of sp³-hybridized carbons (Fsp3) is 0.357. The molecule has 7 nitrogen and oxygen atoms in total. The number of anilines is 1. The first-order chi connectivity index (χ1) is 12.8. The molecular formula is C14H15ClF3N3O4S3. The van der Waals surface area contributed by atoms with Crippen LogP contribution in [-0.2, 0) is 26.5 Å². The van der Waals surface area contributed by atoms with Crippen molar-refractivity contribution in [2.24, 2.45) is 0 Å². The molecule has 0 fully saturated rings. The third kappa shape index (κ3) is 4.95. The zero-order valence-electron chi connectivity index (χ0n) is 14.5. The molecule has 0 unspecified atom stereocenters. The number of sulfonamides is 2. The van der Waals surface area contributed by atoms with Gasteiger partial charge in [0.05, 0.1) is 10.6 Å². The first-order valence-corrected chi connectivity index (χ1v) is 11.7. The molecule has 14 heteroatoms. The highest BCUT2D eigenvalue weighted by atomic mass is 35.5. The fourth-order valence-electron chi connectivity index (χ4n) is 2.09. The number of nitrogens with zero attached hydrogens (tertiary/aromatic N) is 2. The molecule has 0 saturated heterocycles. The van der Waals surface area contributed by atoms with E-state index >= 15 is 0 Å². The number of hydrogen-bond acceptors (Lipinski definition) is 6. The third-order valence-electron chi connectivity index (χ3n) is 3.67. The van der Waals surface area contributed by atoms with E-state index in [0.29, 0.717) is 5.56 Å². The molecule has 1 aromatic carbocycles. The van der Waals surface area contributed by atoms with Crippen molar-refractivity contribution in [1.29, 1.82) is 0 Å². The van der Waals surface area contributed by atoms with Crippen molar-refractivity contribution in [3.05, 3.63) is 39.9 Å². The number of rotatable bonds is 7. The molecule has 0 aliphatic heterocycles. The van der Waals surface area contributed by atoms with E-state index in [1.54, 1.807) is 13.0 Å². The van der Waals surface area contributed by atoms with Gasteiger partial charge in [-0.25, -0.2) is 21.8 Å². The Bertz CT molecular complexity index is 1070. The van der Waals surface area contributed by atoms with Crippen LogP contribution in [-0.4, -0.2) is 45.2 Å². The molecular weight excluding hydrogens is 463 g/mol. The number of hydrogen-bond donors (Lipinski definition) is 1. The molecule has 0 aliphatic rings. The highest BCUT2D eigenvalue weighted by Crippen LogP contribution is 2.27. The van der Waals surface area contributed by atoms with E-state index in [4.69, 9.17) is 11.6 Å². The fourth-order valence-corrected chi connectivity index (χ4v) is 5.27. The second kappa shape index (κ2) is 8.14. The topological polar surface area (TPSA) is 96.4 Å². The molecule has 0 radical (unpaired) electrons. The minimum atomic E-state index is -5.43. The minimum Gasteiger partial charge on any atom is -0.255 e. The molecule has 0 amide bonds. The Kier molecular flexibility index (Phi) is 6.65. The van der Waals surface area contributed by atoms with Gasteiger partial charge in [-0.15, -0.1) is 11.3 Å². The predicted molar refractivity (Wildman–Crippen MR) is 100 cm³/mol. The zero-order chi connectivity index (χ0) is 21.3. The maximum absolute atomic E-state index is 12.5. The monoisotopic (exact) mass is 477 g/mol. The molecule has 28 heavy (non-hydrogen) atoms. The number of aromatic nitrogens is 1. The lowest BCUT2D eigenvalue weighted by molar-refractivity contribution is -0.0482. The first kappa shape index (κ1) is 22.9. The van der Waals surface area contributed by atoms with E-state index in [0.717, 1.165) is 18.4 Å². The van der Waals surface area contributed by atoms with Crippen LogP contribution in [0.25, 0.3) is 0 Å². The van der Waals surface area contributed by atoms with Gasteiger partial charge in [-0.1, -0.05) is 17.7 Å². The van der Waals surface area contributed by atoms with Crippen molar-refractivity contribution in [2.75, 3.05) is 18.3 Å². The molecule has 1 heterocycles. The van der Waals surface area contributed by atoms with Gasteiger partial charge in [0.1, 0.15) is 0 Å². The summed E-state index contributed by atoms with van der Waals surface area (Å²) in [5, 5.41) is 1.70. The second-order valence-electron chi connectivity index (χ2n) is 5.63. The molecule has 0 bridgehead atoms. The van der Waals surface area contributed by atoms with Crippen LogP contribution >= 0.6 is 22.9 Å². The summed E-state index contributed by atoms with van der Waals surface area (Å²) < 4.78 is 87.4. The maximum atomic E-state index is 12.5. The van der Waals surface area contributed by atoms with E-state index in [1.807, 2.05) is 0 Å². The Hall–Kier alpha value is -1.41. The lowest BCUT2D eigenvalue weighted by Gasteiger charge is -2.18. The third-order valence-corrected chi connectivity index (χ3v) is 8.08. The summed E-state index contributed by atoms with van der Waals surface area (Å²) in [6, 6.07) is 4.39. The van der Waals surface area contributed by atoms with Gasteiger partial charge in [0.15, 0.2) is 5.13 Å². The summed E-state index contributed by atoms with van der Waals surface area (Å²) in [5.74, 6) is 0. The molecule has 1 N–H and O–H groups in total. The average Bonchev–Trinajstić information content (AvgIpc) is 3.00. The highest BCUT2D eigenvalue weighted by molar-refractivity contribution is 7.93. The van der Waals surface area contributed by atoms with Gasteiger partial charge in [0.25, 0.3) is 10.0 Å². The van der Waals surface area contributed by atoms with Gasteiger partial charge in [0, 0.05) is 30.4 Å². The van der Waals surface area contributed by atoms with Gasteiger partial charge < -0.3 is 0 Å². The van der Waals surface area contributed by atoms with Gasteiger partial charge in [-0.05, 0) is 24.6 Å². The minimum absolute atomic E-state index is 0.00397. The van der Waals surface area contributed by atoms with E-state index in [2.05, 4.69) is 9.71 Å². The summed E-state index contributed by atoms with van der Waals surface area (Å²) in [7, 11) is -8.59. The summed E-state index contributed by atoms with van der Waals surface area (Å²) in [4.78, 5) is 3.95. The van der Waals surface area contributed by atoms with Gasteiger partial charge in [-0.3, -0.25) is 4.72 Å². The second-order valence-corrected chi connectivity index (χ2v) is 10.6. The van der Waals surface area contributed by atoms with Crippen molar-refractivity contribution < 1.29 is 30.0 Å². The van der Waals surface area contributed by atoms with Crippen LogP contribution in [0, 0.1) is 6.92 Å². The van der Waals surface area contributed by atoms with Crippen LogP contribution in [0.4, 0.5) is 18.3 Å². The van der Waals surface area contributed by atoms with Crippen LogP contribution in [0.15, 0.2) is 28.5 Å². The summed E-state index contributed by atoms with van der Waals surface area (Å²) >= 11 is 6.85. The van der Waals surface area contributed by atoms with E-state index < -0.39 is 32.1 Å². The van der Waals surface area contributed by atoms with Crippen molar-refractivity contribution in [3.63, 3.8) is 0 Å². The van der Waals surface area contributed by atoms with Crippen molar-refractivity contribution in [2.45, 2.75) is 23.7 Å². The van der Waals surface area contributed by atoms with Crippen LogP contribution in [0.5, 0.6) is 0 Å². The van der Waals surface area contributed by atoms with Crippen molar-refractivity contribution >= 4 is 48.1 Å². The van der Waals surface area contributed by atoms with E-state index in [1.165, 1.54) is 17.5 Å².